The molecule has 0 aliphatic rings. The predicted octanol–water partition coefficient (Wildman–Crippen LogP) is 3.96. The predicted molar refractivity (Wildman–Crippen MR) is 88.5 cm³/mol. The average molecular weight is 320 g/mol. The summed E-state index contributed by atoms with van der Waals surface area (Å²) in [7, 11) is 0. The molecule has 0 aliphatic carbocycles. The van der Waals surface area contributed by atoms with Crippen molar-refractivity contribution < 1.29 is 9.53 Å². The lowest BCUT2D eigenvalue weighted by Gasteiger charge is -2.08. The fourth-order valence-corrected chi connectivity index (χ4v) is 1.97. The standard InChI is InChI=1S/C16H18ClN3O2/c1-2-22-16(21)20-15-8-7-14(11-19-15)18-10-9-12-3-5-13(17)6-4-12/h3-8,11,18H,2,9-10H2,1H3,(H,19,20,21). The molecule has 2 N–H and O–H groups in total. The van der Waals surface area contributed by atoms with Crippen molar-refractivity contribution in [1.82, 2.24) is 4.98 Å². The third kappa shape index (κ3) is 5.26. The number of hydrogen-bond acceptors (Lipinski definition) is 4. The Morgan fingerprint density at radius 3 is 2.64 bits per heavy atom. The van der Waals surface area contributed by atoms with Crippen LogP contribution in [0.25, 0.3) is 0 Å². The molecule has 6 heteroatoms. The summed E-state index contributed by atoms with van der Waals surface area (Å²) in [4.78, 5) is 15.4. The molecule has 0 fully saturated rings. The Morgan fingerprint density at radius 2 is 2.00 bits per heavy atom. The van der Waals surface area contributed by atoms with Crippen molar-refractivity contribution in [2.24, 2.45) is 0 Å². The number of carbonyl (C=O) groups excluding carboxylic acids is 1. The maximum absolute atomic E-state index is 11.3. The lowest BCUT2D eigenvalue weighted by atomic mass is 10.1. The smallest absolute Gasteiger partial charge is 0.412 e. The Hall–Kier alpha value is -2.27. The van der Waals surface area contributed by atoms with Crippen LogP contribution in [0.2, 0.25) is 5.02 Å². The lowest BCUT2D eigenvalue weighted by molar-refractivity contribution is 0.168. The maximum atomic E-state index is 11.3. The second-order valence-electron chi connectivity index (χ2n) is 4.58. The highest BCUT2D eigenvalue weighted by molar-refractivity contribution is 6.30. The van der Waals surface area contributed by atoms with Crippen LogP contribution in [0.3, 0.4) is 0 Å². The van der Waals surface area contributed by atoms with Crippen LogP contribution < -0.4 is 10.6 Å². The largest absolute Gasteiger partial charge is 0.450 e. The van der Waals surface area contributed by atoms with Gasteiger partial charge in [-0.3, -0.25) is 5.32 Å². The van der Waals surface area contributed by atoms with E-state index in [0.29, 0.717) is 12.4 Å². The molecule has 0 atom stereocenters. The highest BCUT2D eigenvalue weighted by Crippen LogP contribution is 2.12. The van der Waals surface area contributed by atoms with Gasteiger partial charge in [0.1, 0.15) is 5.82 Å². The number of carbonyl (C=O) groups is 1. The highest BCUT2D eigenvalue weighted by atomic mass is 35.5. The Labute approximate surface area is 134 Å². The number of benzene rings is 1. The normalized spacial score (nSPS) is 10.1. The van der Waals surface area contributed by atoms with Crippen molar-refractivity contribution in [1.29, 1.82) is 0 Å². The Balaban J connectivity index is 1.78. The first kappa shape index (κ1) is 16.1. The van der Waals surface area contributed by atoms with Crippen LogP contribution in [-0.4, -0.2) is 24.2 Å². The molecule has 22 heavy (non-hydrogen) atoms. The van der Waals surface area contributed by atoms with Crippen molar-refractivity contribution in [3.05, 3.63) is 53.2 Å². The summed E-state index contributed by atoms with van der Waals surface area (Å²) < 4.78 is 4.78. The first-order valence-electron chi connectivity index (χ1n) is 7.05. The molecular weight excluding hydrogens is 302 g/mol. The zero-order chi connectivity index (χ0) is 15.8. The van der Waals surface area contributed by atoms with E-state index in [1.165, 1.54) is 5.56 Å². The molecule has 0 bridgehead atoms. The number of anilines is 2. The van der Waals surface area contributed by atoms with Gasteiger partial charge >= 0.3 is 6.09 Å². The Bertz CT molecular complexity index is 600. The van der Waals surface area contributed by atoms with Crippen LogP contribution in [0, 0.1) is 0 Å². The van der Waals surface area contributed by atoms with Crippen molar-refractivity contribution >= 4 is 29.2 Å². The summed E-state index contributed by atoms with van der Waals surface area (Å²) in [5.41, 5.74) is 2.11. The van der Waals surface area contributed by atoms with E-state index in [1.54, 1.807) is 19.2 Å². The Morgan fingerprint density at radius 1 is 1.23 bits per heavy atom. The average Bonchev–Trinajstić information content (AvgIpc) is 2.51. The number of hydrogen-bond donors (Lipinski definition) is 2. The van der Waals surface area contributed by atoms with Crippen molar-refractivity contribution in [2.45, 2.75) is 13.3 Å². The molecule has 0 spiro atoms. The summed E-state index contributed by atoms with van der Waals surface area (Å²) in [5.74, 6) is 0.460. The monoisotopic (exact) mass is 319 g/mol. The van der Waals surface area contributed by atoms with Gasteiger partial charge in [0.25, 0.3) is 0 Å². The van der Waals surface area contributed by atoms with E-state index < -0.39 is 6.09 Å². The van der Waals surface area contributed by atoms with Gasteiger partial charge in [-0.2, -0.15) is 0 Å². The van der Waals surface area contributed by atoms with Gasteiger partial charge in [-0.25, -0.2) is 9.78 Å². The number of nitrogens with zero attached hydrogens (tertiary/aromatic N) is 1. The van der Waals surface area contributed by atoms with E-state index in [2.05, 4.69) is 15.6 Å². The van der Waals surface area contributed by atoms with Gasteiger partial charge in [0, 0.05) is 11.6 Å². The molecular formula is C16H18ClN3O2. The van der Waals surface area contributed by atoms with Crippen LogP contribution in [0.1, 0.15) is 12.5 Å². The molecule has 2 aromatic rings. The maximum Gasteiger partial charge on any atom is 0.412 e. The number of aromatic nitrogens is 1. The highest BCUT2D eigenvalue weighted by Gasteiger charge is 2.02. The van der Waals surface area contributed by atoms with Crippen molar-refractivity contribution in [3.8, 4) is 0 Å². The van der Waals surface area contributed by atoms with Crippen LogP contribution in [0.15, 0.2) is 42.6 Å². The van der Waals surface area contributed by atoms with E-state index >= 15 is 0 Å². The van der Waals surface area contributed by atoms with Gasteiger partial charge in [0.05, 0.1) is 18.5 Å². The SMILES string of the molecule is CCOC(=O)Nc1ccc(NCCc2ccc(Cl)cc2)cn1. The second-order valence-corrected chi connectivity index (χ2v) is 5.02. The molecule has 0 radical (unpaired) electrons. The molecule has 0 unspecified atom stereocenters. The number of amides is 1. The summed E-state index contributed by atoms with van der Waals surface area (Å²) >= 11 is 5.85. The van der Waals surface area contributed by atoms with Gasteiger partial charge < -0.3 is 10.1 Å². The summed E-state index contributed by atoms with van der Waals surface area (Å²) in [6.07, 6.45) is 2.06. The van der Waals surface area contributed by atoms with Gasteiger partial charge in [-0.1, -0.05) is 23.7 Å². The zero-order valence-electron chi connectivity index (χ0n) is 12.3. The molecule has 5 nitrogen and oxygen atoms in total. The topological polar surface area (TPSA) is 63.2 Å². The number of ether oxygens (including phenoxy) is 1. The minimum atomic E-state index is -0.501. The lowest BCUT2D eigenvalue weighted by Crippen LogP contribution is -2.14. The minimum absolute atomic E-state index is 0.330. The summed E-state index contributed by atoms with van der Waals surface area (Å²) in [5, 5.41) is 6.56. The zero-order valence-corrected chi connectivity index (χ0v) is 13.1. The van der Waals surface area contributed by atoms with Crippen LogP contribution in [0.5, 0.6) is 0 Å². The molecule has 2 rings (SSSR count). The van der Waals surface area contributed by atoms with Crippen molar-refractivity contribution in [3.63, 3.8) is 0 Å². The molecule has 1 heterocycles. The quantitative estimate of drug-likeness (QED) is 0.846. The third-order valence-corrected chi connectivity index (χ3v) is 3.18. The van der Waals surface area contributed by atoms with Crippen LogP contribution in [-0.2, 0) is 11.2 Å². The molecule has 1 aromatic heterocycles. The van der Waals surface area contributed by atoms with Gasteiger partial charge in [-0.15, -0.1) is 0 Å². The molecule has 0 aliphatic heterocycles. The summed E-state index contributed by atoms with van der Waals surface area (Å²) in [6, 6.07) is 11.4. The van der Waals surface area contributed by atoms with Gasteiger partial charge in [0.15, 0.2) is 0 Å². The van der Waals surface area contributed by atoms with Crippen LogP contribution >= 0.6 is 11.6 Å². The number of nitrogens with one attached hydrogen (secondary N) is 2. The first-order chi connectivity index (χ1) is 10.7. The van der Waals surface area contributed by atoms with Gasteiger partial charge in [0.2, 0.25) is 0 Å². The number of rotatable bonds is 6. The van der Waals surface area contributed by atoms with Gasteiger partial charge in [-0.05, 0) is 43.2 Å². The van der Waals surface area contributed by atoms with E-state index in [4.69, 9.17) is 16.3 Å². The van der Waals surface area contributed by atoms with Crippen LogP contribution in [0.4, 0.5) is 16.3 Å². The number of halogens is 1. The second kappa shape index (κ2) is 8.24. The molecule has 0 saturated carbocycles. The molecule has 1 amide bonds. The minimum Gasteiger partial charge on any atom is -0.450 e. The number of pyridine rings is 1. The fraction of sp³-hybridized carbons (Fsp3) is 0.250. The van der Waals surface area contributed by atoms with E-state index in [-0.39, 0.29) is 0 Å². The third-order valence-electron chi connectivity index (χ3n) is 2.93. The molecule has 116 valence electrons. The van der Waals surface area contributed by atoms with E-state index in [1.807, 2.05) is 30.3 Å². The van der Waals surface area contributed by atoms with E-state index in [0.717, 1.165) is 23.7 Å². The molecule has 0 saturated heterocycles. The van der Waals surface area contributed by atoms with E-state index in [9.17, 15) is 4.79 Å². The fourth-order valence-electron chi connectivity index (χ4n) is 1.85. The van der Waals surface area contributed by atoms with Crippen molar-refractivity contribution in [2.75, 3.05) is 23.8 Å². The summed E-state index contributed by atoms with van der Waals surface area (Å²) in [6.45, 7) is 2.87. The Kier molecular flexibility index (Phi) is 6.03. The molecule has 1 aromatic carbocycles. The first-order valence-corrected chi connectivity index (χ1v) is 7.43.